The van der Waals surface area contributed by atoms with Crippen LogP contribution < -0.4 is 4.46 Å². The molecule has 0 nitrogen and oxygen atoms in total. The first-order valence-electron chi connectivity index (χ1n) is 8.06. The molecule has 0 saturated carbocycles. The second-order valence-corrected chi connectivity index (χ2v) is 6.18. The predicted octanol–water partition coefficient (Wildman–Crippen LogP) is 5.32. The van der Waals surface area contributed by atoms with Crippen LogP contribution in [-0.4, -0.2) is 0 Å². The molecule has 0 amide bonds. The van der Waals surface area contributed by atoms with E-state index in [1.807, 2.05) is 0 Å². The number of aryl methyl sites for hydroxylation is 1. The van der Waals surface area contributed by atoms with Gasteiger partial charge in [-0.1, -0.05) is 26.2 Å². The average Bonchev–Trinajstić information content (AvgIpc) is 2.43. The van der Waals surface area contributed by atoms with Gasteiger partial charge in [-0.15, -0.1) is 0 Å². The van der Waals surface area contributed by atoms with Crippen LogP contribution in [0.15, 0.2) is 24.3 Å². The van der Waals surface area contributed by atoms with E-state index >= 15 is 0 Å². The summed E-state index contributed by atoms with van der Waals surface area (Å²) in [5.74, 6) is 0. The molecule has 1 rings (SSSR count). The Morgan fingerprint density at radius 2 is 1.16 bits per heavy atom. The Balaban J connectivity index is 1.87. The van der Waals surface area contributed by atoms with Gasteiger partial charge in [0.25, 0.3) is 0 Å². The molecular formula is C18H29Fe. The fraction of sp³-hybridized carbons (Fsp3) is 0.667. The number of hydrogen-bond acceptors (Lipinski definition) is 0. The van der Waals surface area contributed by atoms with E-state index in [0.717, 1.165) is 4.46 Å². The fourth-order valence-corrected chi connectivity index (χ4v) is 2.65. The number of benzene rings is 1. The first-order valence-corrected chi connectivity index (χ1v) is 8.61. The number of unbranched alkanes of at least 4 members (excludes halogenated alkanes) is 9. The molecule has 0 saturated heterocycles. The summed E-state index contributed by atoms with van der Waals surface area (Å²) in [7, 11) is 0. The van der Waals surface area contributed by atoms with Crippen molar-refractivity contribution < 1.29 is 16.0 Å². The van der Waals surface area contributed by atoms with Gasteiger partial charge in [0.05, 0.1) is 0 Å². The van der Waals surface area contributed by atoms with E-state index in [4.69, 9.17) is 0 Å². The molecule has 0 radical (unpaired) electrons. The second-order valence-electron chi connectivity index (χ2n) is 5.54. The molecule has 0 fully saturated rings. The Bertz CT molecular complexity index is 302. The van der Waals surface area contributed by atoms with Gasteiger partial charge in [-0.2, -0.15) is 0 Å². The molecule has 0 unspecified atom stereocenters. The van der Waals surface area contributed by atoms with E-state index in [0.29, 0.717) is 0 Å². The van der Waals surface area contributed by atoms with Gasteiger partial charge < -0.3 is 0 Å². The van der Waals surface area contributed by atoms with Crippen LogP contribution in [0, 0.1) is 0 Å². The Labute approximate surface area is 128 Å². The Morgan fingerprint density at radius 1 is 0.684 bits per heavy atom. The first kappa shape index (κ1) is 16.8. The van der Waals surface area contributed by atoms with E-state index in [1.54, 1.807) is 0 Å². The molecule has 1 heteroatoms. The van der Waals surface area contributed by atoms with Crippen molar-refractivity contribution in [3.05, 3.63) is 29.8 Å². The van der Waals surface area contributed by atoms with Crippen molar-refractivity contribution in [2.45, 2.75) is 77.6 Å². The summed E-state index contributed by atoms with van der Waals surface area (Å²) in [4.78, 5) is 0. The van der Waals surface area contributed by atoms with Crippen molar-refractivity contribution in [1.29, 1.82) is 0 Å². The zero-order valence-electron chi connectivity index (χ0n) is 12.4. The third kappa shape index (κ3) is 9.30. The van der Waals surface area contributed by atoms with E-state index in [-0.39, 0.29) is 0 Å². The van der Waals surface area contributed by atoms with E-state index in [1.165, 1.54) is 76.2 Å². The average molecular weight is 301 g/mol. The molecule has 1 aromatic carbocycles. The minimum atomic E-state index is 1.12. The van der Waals surface area contributed by atoms with Crippen molar-refractivity contribution >= 4 is 4.46 Å². The van der Waals surface area contributed by atoms with Gasteiger partial charge >= 0.3 is 102 Å². The first-order chi connectivity index (χ1) is 9.33. The van der Waals surface area contributed by atoms with Gasteiger partial charge in [0, 0.05) is 0 Å². The molecule has 0 aliphatic carbocycles. The van der Waals surface area contributed by atoms with Crippen LogP contribution in [-0.2, 0) is 22.4 Å². The SMILES string of the molecule is CCCCCCCCCCCCc1cc[c]([Fe])cc1. The molecule has 0 aliphatic rings. The van der Waals surface area contributed by atoms with Crippen LogP contribution in [0.4, 0.5) is 0 Å². The Kier molecular flexibility index (Phi) is 10.2. The quantitative estimate of drug-likeness (QED) is 0.383. The molecule has 19 heavy (non-hydrogen) atoms. The van der Waals surface area contributed by atoms with Crippen molar-refractivity contribution in [2.24, 2.45) is 0 Å². The summed E-state index contributed by atoms with van der Waals surface area (Å²) in [6, 6.07) is 8.67. The van der Waals surface area contributed by atoms with Gasteiger partial charge in [0.15, 0.2) is 0 Å². The van der Waals surface area contributed by atoms with Gasteiger partial charge in [0.1, 0.15) is 0 Å². The molecule has 0 aromatic heterocycles. The minimum absolute atomic E-state index is 1.12. The number of hydrogen-bond donors (Lipinski definition) is 0. The third-order valence-electron chi connectivity index (χ3n) is 3.72. The molecule has 0 aliphatic heterocycles. The van der Waals surface area contributed by atoms with E-state index in [9.17, 15) is 0 Å². The zero-order chi connectivity index (χ0) is 13.8. The van der Waals surface area contributed by atoms with Crippen LogP contribution in [0.2, 0.25) is 0 Å². The van der Waals surface area contributed by atoms with Crippen molar-refractivity contribution in [3.63, 3.8) is 0 Å². The van der Waals surface area contributed by atoms with Gasteiger partial charge in [-0.25, -0.2) is 0 Å². The topological polar surface area (TPSA) is 0 Å². The normalized spacial score (nSPS) is 10.8. The van der Waals surface area contributed by atoms with Crippen LogP contribution in [0.5, 0.6) is 0 Å². The number of rotatable bonds is 11. The molecule has 109 valence electrons. The molecule has 0 spiro atoms. The molecule has 1 aromatic rings. The summed E-state index contributed by atoms with van der Waals surface area (Å²) in [6.07, 6.45) is 15.4. The maximum absolute atomic E-state index is 3.92. The maximum atomic E-state index is 3.92. The monoisotopic (exact) mass is 301 g/mol. The molecule has 0 atom stereocenters. The van der Waals surface area contributed by atoms with Gasteiger partial charge in [-0.05, 0) is 0 Å². The van der Waals surface area contributed by atoms with Crippen LogP contribution >= 0.6 is 0 Å². The summed E-state index contributed by atoms with van der Waals surface area (Å²) in [5, 5.41) is 0. The molecule has 0 heterocycles. The van der Waals surface area contributed by atoms with Crippen molar-refractivity contribution in [1.82, 2.24) is 0 Å². The van der Waals surface area contributed by atoms with Crippen LogP contribution in [0.25, 0.3) is 0 Å². The molecule has 0 N–H and O–H groups in total. The summed E-state index contributed by atoms with van der Waals surface area (Å²) in [6.45, 7) is 2.28. The van der Waals surface area contributed by atoms with E-state index < -0.39 is 0 Å². The molecule has 0 bridgehead atoms. The standard InChI is InChI=1S/C18H29.Fe/c1-2-3-4-5-6-7-8-9-10-12-15-18-16-13-11-14-17-18;/h13-14,16-17H,2-10,12,15H2,1H3;. The van der Waals surface area contributed by atoms with Crippen LogP contribution in [0.3, 0.4) is 0 Å². The predicted molar refractivity (Wildman–Crippen MR) is 81.6 cm³/mol. The zero-order valence-corrected chi connectivity index (χ0v) is 13.5. The summed E-state index contributed by atoms with van der Waals surface area (Å²) < 4.78 is 1.12. The Hall–Kier alpha value is -0.261. The second kappa shape index (κ2) is 11.6. The van der Waals surface area contributed by atoms with Gasteiger partial charge in [0.2, 0.25) is 0 Å². The fourth-order valence-electron chi connectivity index (χ4n) is 2.46. The van der Waals surface area contributed by atoms with E-state index in [2.05, 4.69) is 47.2 Å². The molecular weight excluding hydrogens is 272 g/mol. The van der Waals surface area contributed by atoms with Crippen molar-refractivity contribution in [2.75, 3.05) is 0 Å². The third-order valence-corrected chi connectivity index (χ3v) is 4.09. The van der Waals surface area contributed by atoms with Gasteiger partial charge in [-0.3, -0.25) is 0 Å². The summed E-state index contributed by atoms with van der Waals surface area (Å²) in [5.41, 5.74) is 1.46. The van der Waals surface area contributed by atoms with Crippen molar-refractivity contribution in [3.8, 4) is 0 Å². The Morgan fingerprint density at radius 3 is 1.68 bits per heavy atom. The van der Waals surface area contributed by atoms with Crippen LogP contribution in [0.1, 0.15) is 76.7 Å². The summed E-state index contributed by atoms with van der Waals surface area (Å²) >= 11 is 3.92.